The second kappa shape index (κ2) is 48.6. The minimum Gasteiger partial charge on any atom is -0.507 e. The number of nitrogens with one attached hydrogen (secondary N) is 1. The highest BCUT2D eigenvalue weighted by Crippen LogP contribution is 2.46. The van der Waals surface area contributed by atoms with Crippen LogP contribution in [0.15, 0.2) is 98.1 Å². The van der Waals surface area contributed by atoms with Crippen LogP contribution in [0.3, 0.4) is 0 Å². The fourth-order valence-electron chi connectivity index (χ4n) is 16.3. The smallest absolute Gasteiger partial charge is 0.507 e. The van der Waals surface area contributed by atoms with Gasteiger partial charge in [-0.25, -0.2) is 43.5 Å². The van der Waals surface area contributed by atoms with Crippen LogP contribution in [0.25, 0.3) is 19.4 Å². The van der Waals surface area contributed by atoms with Crippen LogP contribution in [0.5, 0.6) is 64.2 Å². The van der Waals surface area contributed by atoms with Gasteiger partial charge in [0.2, 0.25) is 23.3 Å². The summed E-state index contributed by atoms with van der Waals surface area (Å²) in [6.07, 6.45) is 4.73. The number of benzene rings is 4. The number of hydroxylamine groups is 2. The first-order valence-corrected chi connectivity index (χ1v) is 47.5. The molecule has 9 saturated heterocycles. The van der Waals surface area contributed by atoms with Gasteiger partial charge in [-0.2, -0.15) is 52.4 Å². The van der Waals surface area contributed by atoms with E-state index in [9.17, 15) is 37.5 Å². The van der Waals surface area contributed by atoms with Crippen LogP contribution in [-0.4, -0.2) is 253 Å². The minimum atomic E-state index is -0.987. The number of ether oxygens (including phenoxy) is 15. The van der Waals surface area contributed by atoms with Crippen molar-refractivity contribution in [3.8, 4) is 64.2 Å². The first-order chi connectivity index (χ1) is 69.1. The molecule has 11 fully saturated rings. The number of piperidine rings is 4. The SMILES string of the molecule is CC(C)(C)OC(=O)N1CC2COCC(C1)C2Oc1ncnc(Cl)c1F.CC1(OC(=O)ON2C(=O)CCC2=O)CC1.Cl.[C-]#[N+]c1ccc(O)c(Cl)c1.[C-]#[N+]c1ccc(Oc2ncnc(OC3C4CNCC3COC4)c2F)c(Cl)c1.[C-]#[N+]c1ccc(Oc2ncnc(OC3C4COCC3CN(C(=O)OC(C)(C)C)C4)c2F)c(Cl)c1.[C-]#[N+]c1ccc(Oc2ncnc(OC3C4COCC3CN(C(=O)OC3(C)CC3)C4)c2F)c(Cl)c1. The highest BCUT2D eigenvalue weighted by molar-refractivity contribution is 6.33. The summed E-state index contributed by atoms with van der Waals surface area (Å²) >= 11 is 29.5. The molecule has 19 rings (SSSR count). The summed E-state index contributed by atoms with van der Waals surface area (Å²) in [6, 6.07) is 17.6. The van der Waals surface area contributed by atoms with Gasteiger partial charge in [-0.3, -0.25) is 14.4 Å². The molecule has 13 heterocycles. The van der Waals surface area contributed by atoms with Gasteiger partial charge in [0.05, 0.1) is 99.2 Å². The maximum absolute atomic E-state index is 15.2. The van der Waals surface area contributed by atoms with Crippen LogP contribution in [0.2, 0.25) is 25.2 Å². The number of fused-ring (bicyclic) bond motifs is 8. The molecule has 11 aliphatic rings. The zero-order valence-corrected chi connectivity index (χ0v) is 84.2. The van der Waals surface area contributed by atoms with Crippen LogP contribution < -0.4 is 38.5 Å². The van der Waals surface area contributed by atoms with Crippen molar-refractivity contribution in [3.63, 3.8) is 0 Å². The zero-order valence-electron chi connectivity index (χ0n) is 79.6. The lowest BCUT2D eigenvalue weighted by Gasteiger charge is -2.46. The predicted octanol–water partition coefficient (Wildman–Crippen LogP) is 19.0. The van der Waals surface area contributed by atoms with Gasteiger partial charge >= 0.3 is 24.4 Å². The number of carbonyl (C=O) groups is 6. The van der Waals surface area contributed by atoms with Crippen molar-refractivity contribution in [2.45, 2.75) is 141 Å². The average molecular weight is 2150 g/mol. The Morgan fingerprint density at radius 1 is 0.418 bits per heavy atom. The molecule has 0 radical (unpaired) electrons. The molecular weight excluding hydrogens is 2050 g/mol. The lowest BCUT2D eigenvalue weighted by atomic mass is 9.84. The van der Waals surface area contributed by atoms with E-state index in [1.807, 2.05) is 48.5 Å². The van der Waals surface area contributed by atoms with E-state index in [0.29, 0.717) is 120 Å². The van der Waals surface area contributed by atoms with Crippen molar-refractivity contribution >= 4 is 129 Å². The average Bonchev–Trinajstić information content (AvgIpc) is 1.67. The Morgan fingerprint density at radius 3 is 1.02 bits per heavy atom. The number of phenolic OH excluding ortho intramolecular Hbond substituents is 1. The number of carbonyl (C=O) groups excluding carboxylic acids is 6. The standard InChI is InChI=1S/C23H22ClFN4O5.C23H24ClFN4O5.C18H16ClFN4O3.C16H21ClFN3O4.C9H11NO5.C7H4ClNO.ClH/c1-23(5-6-23)34-22(30)29-8-13-10-31-11-14(9-29)19(13)33-21-18(25)20(27-12-28-21)32-17-4-3-15(26-2)7-16(17)24;1-23(2,3)34-22(30)29-8-13-10-31-11-14(9-29)19(13)33-21-18(25)20(27-12-28-21)32-17-6-5-15(26-4)7-16(17)24;1-21-12-2-3-14(13(19)4-12)26-17-15(20)18(24-9-23-17)27-16-10-5-22-6-11(16)8-25-7-10;1-16(2,3)25-15(22)21-4-9-6-23-7-10(5-21)12(9)24-14-11(18)13(17)19-8-20-14;1-9(4-5-9)14-8(13)15-10-6(11)2-3-7(10)12;1-9-5-2-3-7(10)6(8)4-5;/h3-4,7,12-14,19H,5-6,8-11H2,1H3;5-7,12-14,19H,8-11H2,1-3H3;2-4,9-11,16,22H,5-8H2;8-10,12H,4-7H2,1-3H3;2-5H2,1H3;2-4,10H;1H. The molecule has 8 bridgehead atoms. The lowest BCUT2D eigenvalue weighted by molar-refractivity contribution is -0.179. The van der Waals surface area contributed by atoms with E-state index in [0.717, 1.165) is 57.8 Å². The number of hydrogen-bond acceptors (Lipinski definition) is 32. The number of nitrogens with zero attached hydrogens (tertiary/aromatic N) is 16. The Labute approximate surface area is 866 Å². The molecule has 4 aromatic heterocycles. The molecule has 9 aliphatic heterocycles. The Balaban J connectivity index is 0.000000151. The third-order valence-electron chi connectivity index (χ3n) is 23.9. The number of hydrogen-bond donors (Lipinski definition) is 2. The summed E-state index contributed by atoms with van der Waals surface area (Å²) in [7, 11) is 0. The molecule has 8 atom stereocenters. The first-order valence-electron chi connectivity index (χ1n) is 45.6. The Hall–Kier alpha value is -13.0. The van der Waals surface area contributed by atoms with Gasteiger partial charge in [0, 0.05) is 113 Å². The van der Waals surface area contributed by atoms with Crippen molar-refractivity contribution in [2.75, 3.05) is 105 Å². The highest BCUT2D eigenvalue weighted by Gasteiger charge is 2.51. The molecule has 776 valence electrons. The van der Waals surface area contributed by atoms with Gasteiger partial charge in [0.25, 0.3) is 53.0 Å². The number of phenols is 1. The molecule has 2 N–H and O–H groups in total. The van der Waals surface area contributed by atoms with Crippen LogP contribution in [0, 0.1) is 96.9 Å². The van der Waals surface area contributed by atoms with Gasteiger partial charge in [-0.15, -0.1) is 12.4 Å². The van der Waals surface area contributed by atoms with Gasteiger partial charge < -0.3 is 96.2 Å². The van der Waals surface area contributed by atoms with Crippen LogP contribution in [0.1, 0.15) is 93.9 Å². The monoisotopic (exact) mass is 2140 g/mol. The molecular formula is C96H99Cl6F4N17O23. The van der Waals surface area contributed by atoms with E-state index < -0.39 is 76.3 Å². The predicted molar refractivity (Wildman–Crippen MR) is 512 cm³/mol. The Morgan fingerprint density at radius 2 is 0.705 bits per heavy atom. The van der Waals surface area contributed by atoms with Crippen molar-refractivity contribution in [2.24, 2.45) is 47.3 Å². The minimum absolute atomic E-state index is 0. The molecule has 146 heavy (non-hydrogen) atoms. The zero-order chi connectivity index (χ0) is 104. The van der Waals surface area contributed by atoms with E-state index in [2.05, 4.69) is 69.4 Å². The van der Waals surface area contributed by atoms with Gasteiger partial charge in [-0.1, -0.05) is 87.3 Å². The quantitative estimate of drug-likeness (QED) is 0.0213. The number of imide groups is 1. The molecule has 2 aliphatic carbocycles. The second-order valence-corrected chi connectivity index (χ2v) is 39.6. The third-order valence-corrected chi connectivity index (χ3v) is 25.4. The van der Waals surface area contributed by atoms with Crippen molar-refractivity contribution in [1.29, 1.82) is 0 Å². The summed E-state index contributed by atoms with van der Waals surface area (Å²) in [5.41, 5.74) is -0.525. The van der Waals surface area contributed by atoms with Crippen LogP contribution in [-0.2, 0) is 52.3 Å². The third kappa shape index (κ3) is 29.1. The molecule has 8 aromatic rings. The number of aromatic hydroxyl groups is 1. The molecule has 8 unspecified atom stereocenters. The molecule has 5 amide bonds. The summed E-state index contributed by atoms with van der Waals surface area (Å²) in [5.74, 6) is -6.27. The van der Waals surface area contributed by atoms with E-state index in [4.69, 9.17) is 160 Å². The first kappa shape index (κ1) is 110. The largest absolute Gasteiger partial charge is 0.534 e. The summed E-state index contributed by atoms with van der Waals surface area (Å²) in [5, 5.41) is 13.1. The van der Waals surface area contributed by atoms with Gasteiger partial charge in [0.1, 0.15) is 95.1 Å². The lowest BCUT2D eigenvalue weighted by Crippen LogP contribution is -2.59. The van der Waals surface area contributed by atoms with Crippen LogP contribution in [0.4, 0.5) is 59.5 Å². The van der Waals surface area contributed by atoms with E-state index in [1.165, 1.54) is 79.1 Å². The molecule has 2 saturated carbocycles. The topological polar surface area (TPSA) is 416 Å². The van der Waals surface area contributed by atoms with Crippen molar-refractivity contribution in [3.05, 3.63) is 192 Å². The fourth-order valence-corrected chi connectivity index (χ4v) is 17.3. The number of likely N-dealkylation sites (tertiary alicyclic amines) is 3. The number of rotatable bonds is 17. The number of amides is 5. The number of halogens is 10. The van der Waals surface area contributed by atoms with Crippen molar-refractivity contribution in [1.82, 2.24) is 65.0 Å². The van der Waals surface area contributed by atoms with E-state index in [-0.39, 0.29) is 192 Å². The van der Waals surface area contributed by atoms with Crippen molar-refractivity contribution < 1.29 is 127 Å². The van der Waals surface area contributed by atoms with E-state index >= 15 is 8.78 Å². The van der Waals surface area contributed by atoms with Crippen LogP contribution >= 0.6 is 70.4 Å². The molecule has 40 nitrogen and oxygen atoms in total. The molecule has 50 heteroatoms. The van der Waals surface area contributed by atoms with Gasteiger partial charge in [-0.05, 0) is 130 Å². The maximum atomic E-state index is 15.2. The Bertz CT molecular complexity index is 6030. The van der Waals surface area contributed by atoms with Gasteiger partial charge in [0.15, 0.2) is 27.9 Å². The second-order valence-electron chi connectivity index (χ2n) is 37.6. The Kier molecular flexibility index (Phi) is 36.7. The summed E-state index contributed by atoms with van der Waals surface area (Å²) in [6.45, 7) is 49.5. The molecule has 0 spiro atoms. The summed E-state index contributed by atoms with van der Waals surface area (Å²) < 4.78 is 143. The van der Waals surface area contributed by atoms with E-state index in [1.54, 1.807) is 21.6 Å². The highest BCUT2D eigenvalue weighted by atomic mass is 35.5. The normalized spacial score (nSPS) is 22.8. The fraction of sp³-hybridized carbons (Fsp3) is 0.479. The number of aromatic nitrogens is 8. The summed E-state index contributed by atoms with van der Waals surface area (Å²) in [4.78, 5) is 124. The molecule has 4 aromatic carbocycles. The maximum Gasteiger partial charge on any atom is 0.534 e.